The molecule has 2 nitrogen and oxygen atoms in total. The van der Waals surface area contributed by atoms with E-state index in [0.29, 0.717) is 6.61 Å². The van der Waals surface area contributed by atoms with E-state index in [1.54, 1.807) is 0 Å². The maximum Gasteiger partial charge on any atom is 0.316 e. The number of halogens is 1. The van der Waals surface area contributed by atoms with Crippen LogP contribution in [-0.2, 0) is 14.9 Å². The Hall–Kier alpha value is -0.580. The molecule has 0 saturated heterocycles. The van der Waals surface area contributed by atoms with Crippen LogP contribution in [0.4, 0.5) is 0 Å². The summed E-state index contributed by atoms with van der Waals surface area (Å²) in [4.78, 5) is 12.2. The average molecular weight is 344 g/mol. The second kappa shape index (κ2) is 5.38. The fourth-order valence-electron chi connectivity index (χ4n) is 2.63. The minimum Gasteiger partial charge on any atom is -0.465 e. The van der Waals surface area contributed by atoms with Gasteiger partial charge in [-0.2, -0.15) is 0 Å². The van der Waals surface area contributed by atoms with Crippen molar-refractivity contribution < 1.29 is 9.53 Å². The highest BCUT2D eigenvalue weighted by Gasteiger charge is 2.43. The molecule has 0 spiro atoms. The van der Waals surface area contributed by atoms with Gasteiger partial charge in [-0.15, -0.1) is 0 Å². The SMILES string of the molecule is CCOC(=O)C1(c2ccc(I)cc2)CCCC1. The highest BCUT2D eigenvalue weighted by Crippen LogP contribution is 2.42. The van der Waals surface area contributed by atoms with E-state index in [-0.39, 0.29) is 11.4 Å². The van der Waals surface area contributed by atoms with Crippen molar-refractivity contribution in [1.82, 2.24) is 0 Å². The second-order valence-electron chi connectivity index (χ2n) is 4.52. The molecule has 0 radical (unpaired) electrons. The Bertz CT molecular complexity index is 391. The molecule has 17 heavy (non-hydrogen) atoms. The zero-order valence-corrected chi connectivity index (χ0v) is 12.2. The van der Waals surface area contributed by atoms with E-state index < -0.39 is 0 Å². The number of carbonyl (C=O) groups excluding carboxylic acids is 1. The van der Waals surface area contributed by atoms with E-state index in [0.717, 1.165) is 31.2 Å². The number of ether oxygens (including phenoxy) is 1. The van der Waals surface area contributed by atoms with Crippen LogP contribution in [0.15, 0.2) is 24.3 Å². The molecule has 3 heteroatoms. The fraction of sp³-hybridized carbons (Fsp3) is 0.500. The highest BCUT2D eigenvalue weighted by molar-refractivity contribution is 14.1. The first-order chi connectivity index (χ1) is 8.19. The molecule has 1 saturated carbocycles. The molecule has 0 N–H and O–H groups in total. The van der Waals surface area contributed by atoms with Crippen LogP contribution in [0.1, 0.15) is 38.2 Å². The first-order valence-corrected chi connectivity index (χ1v) is 7.20. The Morgan fingerprint density at radius 3 is 2.41 bits per heavy atom. The third-order valence-electron chi connectivity index (χ3n) is 3.52. The van der Waals surface area contributed by atoms with Crippen molar-refractivity contribution in [2.45, 2.75) is 38.0 Å². The number of benzene rings is 1. The topological polar surface area (TPSA) is 26.3 Å². The fourth-order valence-corrected chi connectivity index (χ4v) is 2.99. The van der Waals surface area contributed by atoms with Crippen LogP contribution in [0.5, 0.6) is 0 Å². The van der Waals surface area contributed by atoms with Gasteiger partial charge in [0.05, 0.1) is 12.0 Å². The van der Waals surface area contributed by atoms with Gasteiger partial charge in [0, 0.05) is 3.57 Å². The van der Waals surface area contributed by atoms with Gasteiger partial charge in [-0.25, -0.2) is 0 Å². The van der Waals surface area contributed by atoms with Crippen LogP contribution in [-0.4, -0.2) is 12.6 Å². The Balaban J connectivity index is 2.34. The lowest BCUT2D eigenvalue weighted by molar-refractivity contribution is -0.150. The van der Waals surface area contributed by atoms with E-state index in [1.807, 2.05) is 6.92 Å². The van der Waals surface area contributed by atoms with Gasteiger partial charge < -0.3 is 4.74 Å². The number of carbonyl (C=O) groups is 1. The van der Waals surface area contributed by atoms with E-state index in [2.05, 4.69) is 46.9 Å². The maximum absolute atomic E-state index is 12.2. The summed E-state index contributed by atoms with van der Waals surface area (Å²) in [5.74, 6) is -0.0429. The van der Waals surface area contributed by atoms with Gasteiger partial charge in [0.25, 0.3) is 0 Å². The molecule has 1 aliphatic rings. The normalized spacial score (nSPS) is 18.0. The zero-order chi connectivity index (χ0) is 12.3. The predicted molar refractivity (Wildman–Crippen MR) is 75.9 cm³/mol. The third kappa shape index (κ3) is 2.49. The molecule has 2 rings (SSSR count). The van der Waals surface area contributed by atoms with Crippen molar-refractivity contribution in [3.05, 3.63) is 33.4 Å². The molecule has 0 atom stereocenters. The Labute approximate surface area is 116 Å². The summed E-state index contributed by atoms with van der Waals surface area (Å²) in [6.07, 6.45) is 4.08. The molecule has 1 aromatic carbocycles. The van der Waals surface area contributed by atoms with Crippen molar-refractivity contribution in [2.75, 3.05) is 6.61 Å². The molecule has 1 fully saturated rings. The Kier molecular flexibility index (Phi) is 4.07. The zero-order valence-electron chi connectivity index (χ0n) is 10.0. The lowest BCUT2D eigenvalue weighted by atomic mass is 9.79. The average Bonchev–Trinajstić information content (AvgIpc) is 2.81. The van der Waals surface area contributed by atoms with Crippen LogP contribution in [0, 0.1) is 3.57 Å². The van der Waals surface area contributed by atoms with Gasteiger partial charge >= 0.3 is 5.97 Å². The highest BCUT2D eigenvalue weighted by atomic mass is 127. The quantitative estimate of drug-likeness (QED) is 0.618. The first kappa shape index (κ1) is 12.9. The molecule has 92 valence electrons. The van der Waals surface area contributed by atoms with E-state index in [1.165, 1.54) is 3.57 Å². The van der Waals surface area contributed by atoms with Gasteiger partial charge in [-0.3, -0.25) is 4.79 Å². The summed E-state index contributed by atoms with van der Waals surface area (Å²) in [5.41, 5.74) is 0.745. The monoisotopic (exact) mass is 344 g/mol. The first-order valence-electron chi connectivity index (χ1n) is 6.12. The van der Waals surface area contributed by atoms with Crippen LogP contribution >= 0.6 is 22.6 Å². The summed E-state index contributed by atoms with van der Waals surface area (Å²) in [7, 11) is 0. The van der Waals surface area contributed by atoms with Crippen molar-refractivity contribution in [3.8, 4) is 0 Å². The number of esters is 1. The number of hydrogen-bond acceptors (Lipinski definition) is 2. The molecule has 0 bridgehead atoms. The minimum atomic E-state index is -0.375. The Morgan fingerprint density at radius 1 is 1.29 bits per heavy atom. The van der Waals surface area contributed by atoms with Crippen molar-refractivity contribution in [1.29, 1.82) is 0 Å². The molecule has 0 unspecified atom stereocenters. The molecule has 0 aliphatic heterocycles. The summed E-state index contributed by atoms with van der Waals surface area (Å²) >= 11 is 2.28. The molecule has 0 amide bonds. The predicted octanol–water partition coefficient (Wildman–Crippen LogP) is 3.67. The summed E-state index contributed by atoms with van der Waals surface area (Å²) in [6, 6.07) is 8.28. The minimum absolute atomic E-state index is 0.0429. The number of rotatable bonds is 3. The van der Waals surface area contributed by atoms with Gasteiger partial charge in [-0.1, -0.05) is 25.0 Å². The van der Waals surface area contributed by atoms with Gasteiger partial charge in [-0.05, 0) is 60.1 Å². The molecule has 1 aliphatic carbocycles. The lowest BCUT2D eigenvalue weighted by Gasteiger charge is -2.27. The van der Waals surface area contributed by atoms with E-state index >= 15 is 0 Å². The number of hydrogen-bond donors (Lipinski definition) is 0. The maximum atomic E-state index is 12.2. The van der Waals surface area contributed by atoms with Crippen LogP contribution in [0.25, 0.3) is 0 Å². The van der Waals surface area contributed by atoms with E-state index in [4.69, 9.17) is 4.74 Å². The standard InChI is InChI=1S/C14H17IO2/c1-2-17-13(16)14(9-3-4-10-14)11-5-7-12(15)8-6-11/h5-8H,2-4,9-10H2,1H3. The summed E-state index contributed by atoms with van der Waals surface area (Å²) < 4.78 is 6.47. The van der Waals surface area contributed by atoms with E-state index in [9.17, 15) is 4.79 Å². The van der Waals surface area contributed by atoms with Crippen LogP contribution in [0.2, 0.25) is 0 Å². The van der Waals surface area contributed by atoms with Crippen LogP contribution < -0.4 is 0 Å². The third-order valence-corrected chi connectivity index (χ3v) is 4.24. The lowest BCUT2D eigenvalue weighted by Crippen LogP contribution is -2.34. The van der Waals surface area contributed by atoms with Gasteiger partial charge in [0.15, 0.2) is 0 Å². The van der Waals surface area contributed by atoms with Crippen molar-refractivity contribution >= 4 is 28.6 Å². The molecule has 0 heterocycles. The van der Waals surface area contributed by atoms with Crippen LogP contribution in [0.3, 0.4) is 0 Å². The van der Waals surface area contributed by atoms with Crippen molar-refractivity contribution in [3.63, 3.8) is 0 Å². The van der Waals surface area contributed by atoms with Gasteiger partial charge in [0.1, 0.15) is 0 Å². The van der Waals surface area contributed by atoms with Gasteiger partial charge in [0.2, 0.25) is 0 Å². The van der Waals surface area contributed by atoms with Crippen molar-refractivity contribution in [2.24, 2.45) is 0 Å². The smallest absolute Gasteiger partial charge is 0.316 e. The Morgan fingerprint density at radius 2 is 1.88 bits per heavy atom. The molecule has 0 aromatic heterocycles. The molecular formula is C14H17IO2. The molecular weight excluding hydrogens is 327 g/mol. The molecule has 1 aromatic rings. The second-order valence-corrected chi connectivity index (χ2v) is 5.76. The largest absolute Gasteiger partial charge is 0.465 e. The summed E-state index contributed by atoms with van der Waals surface area (Å²) in [5, 5.41) is 0. The summed E-state index contributed by atoms with van der Waals surface area (Å²) in [6.45, 7) is 2.33.